The molecule has 1 atom stereocenters. The van der Waals surface area contributed by atoms with Gasteiger partial charge in [-0.15, -0.1) is 24.8 Å². The zero-order chi connectivity index (χ0) is 18.1. The van der Waals surface area contributed by atoms with Crippen molar-refractivity contribution >= 4 is 48.2 Å². The third kappa shape index (κ3) is 3.34. The fourth-order valence-electron chi connectivity index (χ4n) is 3.46. The summed E-state index contributed by atoms with van der Waals surface area (Å²) < 4.78 is 0. The molecule has 2 aromatic carbocycles. The van der Waals surface area contributed by atoms with Gasteiger partial charge in [0.05, 0.1) is 5.71 Å². The monoisotopic (exact) mass is 418 g/mol. The van der Waals surface area contributed by atoms with Crippen molar-refractivity contribution in [2.45, 2.75) is 18.4 Å². The Bertz CT molecular complexity index is 987. The SMILES string of the molecule is Cl.Cl.NC1=NC(C(N)=NO)(c2ccccc2)C(N=C2CCc3ccccc32)=N1. The number of aryl methyl sites for hydroxylation is 1. The highest BCUT2D eigenvalue weighted by molar-refractivity contribution is 6.24. The molecule has 0 saturated carbocycles. The number of rotatable bonds is 2. The molecule has 2 aliphatic rings. The lowest BCUT2D eigenvalue weighted by atomic mass is 9.88. The van der Waals surface area contributed by atoms with E-state index in [1.807, 2.05) is 48.5 Å². The van der Waals surface area contributed by atoms with Crippen molar-refractivity contribution in [2.75, 3.05) is 0 Å². The second-order valence-electron chi connectivity index (χ2n) is 6.18. The third-order valence-electron chi connectivity index (χ3n) is 4.70. The van der Waals surface area contributed by atoms with Gasteiger partial charge in [0, 0.05) is 0 Å². The van der Waals surface area contributed by atoms with Crippen molar-refractivity contribution in [2.24, 2.45) is 31.6 Å². The maximum absolute atomic E-state index is 9.39. The zero-order valence-corrected chi connectivity index (χ0v) is 16.5. The van der Waals surface area contributed by atoms with Gasteiger partial charge in [-0.1, -0.05) is 59.8 Å². The standard InChI is InChI=1S/C19H18N6O.2ClH/c20-16(25-26)19(13-7-2-1-3-8-13)17(23-18(21)24-19)22-15-11-10-12-6-4-5-9-14(12)15;;/h1-9,26H,10-11H2,(H2,20,25)(H2,21,24);2*1H. The molecule has 1 unspecified atom stereocenters. The van der Waals surface area contributed by atoms with E-state index >= 15 is 0 Å². The van der Waals surface area contributed by atoms with Crippen LogP contribution in [0.15, 0.2) is 74.7 Å². The maximum Gasteiger partial charge on any atom is 0.219 e. The van der Waals surface area contributed by atoms with Crippen LogP contribution in [0.3, 0.4) is 0 Å². The second-order valence-corrected chi connectivity index (χ2v) is 6.18. The molecule has 0 amide bonds. The first-order valence-electron chi connectivity index (χ1n) is 8.29. The van der Waals surface area contributed by atoms with Crippen LogP contribution >= 0.6 is 24.8 Å². The van der Waals surface area contributed by atoms with Crippen molar-refractivity contribution in [1.82, 2.24) is 0 Å². The van der Waals surface area contributed by atoms with E-state index in [1.165, 1.54) is 5.56 Å². The first kappa shape index (κ1) is 21.4. The molecule has 4 rings (SSSR count). The number of hydrogen-bond acceptors (Lipinski definition) is 6. The number of aliphatic imine (C=N–C) groups is 3. The van der Waals surface area contributed by atoms with Gasteiger partial charge < -0.3 is 16.7 Å². The number of nitrogens with zero attached hydrogens (tertiary/aromatic N) is 4. The summed E-state index contributed by atoms with van der Waals surface area (Å²) >= 11 is 0. The average molecular weight is 419 g/mol. The van der Waals surface area contributed by atoms with E-state index < -0.39 is 5.54 Å². The smallest absolute Gasteiger partial charge is 0.219 e. The van der Waals surface area contributed by atoms with Gasteiger partial charge in [-0.3, -0.25) is 0 Å². The van der Waals surface area contributed by atoms with Crippen LogP contribution in [-0.4, -0.2) is 28.5 Å². The van der Waals surface area contributed by atoms with Crippen LogP contribution in [0.2, 0.25) is 0 Å². The molecular formula is C19H20Cl2N6O. The van der Waals surface area contributed by atoms with Gasteiger partial charge in [-0.25, -0.2) is 9.98 Å². The number of oxime groups is 1. The predicted octanol–water partition coefficient (Wildman–Crippen LogP) is 2.63. The maximum atomic E-state index is 9.39. The molecule has 1 heterocycles. The van der Waals surface area contributed by atoms with E-state index in [0.29, 0.717) is 11.4 Å². The second kappa shape index (κ2) is 8.41. The van der Waals surface area contributed by atoms with Gasteiger partial charge in [-0.2, -0.15) is 4.99 Å². The van der Waals surface area contributed by atoms with E-state index in [2.05, 4.69) is 21.2 Å². The minimum absolute atomic E-state index is 0. The summed E-state index contributed by atoms with van der Waals surface area (Å²) in [6, 6.07) is 17.4. The van der Waals surface area contributed by atoms with Crippen molar-refractivity contribution in [1.29, 1.82) is 0 Å². The molecule has 0 spiro atoms. The Balaban J connectivity index is 0.00000140. The van der Waals surface area contributed by atoms with Crippen LogP contribution in [0.5, 0.6) is 0 Å². The van der Waals surface area contributed by atoms with E-state index in [9.17, 15) is 5.21 Å². The van der Waals surface area contributed by atoms with Gasteiger partial charge in [0.25, 0.3) is 0 Å². The lowest BCUT2D eigenvalue weighted by molar-refractivity contribution is 0.314. The number of benzene rings is 2. The van der Waals surface area contributed by atoms with Gasteiger partial charge >= 0.3 is 0 Å². The number of nitrogens with two attached hydrogens (primary N) is 2. The lowest BCUT2D eigenvalue weighted by Crippen LogP contribution is -2.45. The summed E-state index contributed by atoms with van der Waals surface area (Å²) in [4.78, 5) is 13.5. The van der Waals surface area contributed by atoms with Crippen molar-refractivity contribution in [3.05, 3.63) is 71.3 Å². The van der Waals surface area contributed by atoms with Crippen LogP contribution in [-0.2, 0) is 12.0 Å². The molecule has 0 bridgehead atoms. The molecule has 1 aliphatic carbocycles. The number of halogens is 2. The van der Waals surface area contributed by atoms with Gasteiger partial charge in [0.15, 0.2) is 11.7 Å². The van der Waals surface area contributed by atoms with Crippen LogP contribution in [0, 0.1) is 0 Å². The Labute approximate surface area is 174 Å². The molecule has 5 N–H and O–H groups in total. The summed E-state index contributed by atoms with van der Waals surface area (Å²) in [5, 5.41) is 12.6. The lowest BCUT2D eigenvalue weighted by Gasteiger charge is -2.25. The first-order valence-corrected chi connectivity index (χ1v) is 8.29. The highest BCUT2D eigenvalue weighted by Gasteiger charge is 2.47. The summed E-state index contributed by atoms with van der Waals surface area (Å²) in [5.41, 5.74) is 14.5. The Kier molecular flexibility index (Phi) is 6.43. The van der Waals surface area contributed by atoms with E-state index in [0.717, 1.165) is 24.1 Å². The predicted molar refractivity (Wildman–Crippen MR) is 116 cm³/mol. The molecule has 1 aliphatic heterocycles. The number of hydrogen-bond donors (Lipinski definition) is 3. The largest absolute Gasteiger partial charge is 0.409 e. The molecule has 0 fully saturated rings. The number of guanidine groups is 1. The van der Waals surface area contributed by atoms with E-state index in [1.54, 1.807) is 0 Å². The molecule has 9 heteroatoms. The highest BCUT2D eigenvalue weighted by atomic mass is 35.5. The highest BCUT2D eigenvalue weighted by Crippen LogP contribution is 2.34. The molecule has 0 radical (unpaired) electrons. The molecule has 146 valence electrons. The normalized spacial score (nSPS) is 22.0. The van der Waals surface area contributed by atoms with Gasteiger partial charge in [0.2, 0.25) is 11.5 Å². The molecular weight excluding hydrogens is 399 g/mol. The minimum atomic E-state index is -1.33. The Morgan fingerprint density at radius 2 is 1.68 bits per heavy atom. The topological polar surface area (TPSA) is 122 Å². The molecule has 0 aromatic heterocycles. The van der Waals surface area contributed by atoms with Gasteiger partial charge in [-0.05, 0) is 29.5 Å². The zero-order valence-electron chi connectivity index (χ0n) is 14.8. The fourth-order valence-corrected chi connectivity index (χ4v) is 3.46. The van der Waals surface area contributed by atoms with Crippen LogP contribution in [0.4, 0.5) is 0 Å². The van der Waals surface area contributed by atoms with Crippen molar-refractivity contribution < 1.29 is 5.21 Å². The van der Waals surface area contributed by atoms with Crippen LogP contribution < -0.4 is 11.5 Å². The van der Waals surface area contributed by atoms with Gasteiger partial charge in [0.1, 0.15) is 0 Å². The fraction of sp³-hybridized carbons (Fsp3) is 0.158. The molecule has 0 saturated heterocycles. The van der Waals surface area contributed by atoms with Crippen molar-refractivity contribution in [3.63, 3.8) is 0 Å². The average Bonchev–Trinajstić information content (AvgIpc) is 3.24. The molecule has 7 nitrogen and oxygen atoms in total. The summed E-state index contributed by atoms with van der Waals surface area (Å²) in [6.45, 7) is 0. The summed E-state index contributed by atoms with van der Waals surface area (Å²) in [6.07, 6.45) is 1.71. The Morgan fingerprint density at radius 1 is 1.00 bits per heavy atom. The quantitative estimate of drug-likeness (QED) is 0.300. The third-order valence-corrected chi connectivity index (χ3v) is 4.70. The van der Waals surface area contributed by atoms with Crippen LogP contribution in [0.25, 0.3) is 0 Å². The number of amidine groups is 2. The Morgan fingerprint density at radius 3 is 2.39 bits per heavy atom. The van der Waals surface area contributed by atoms with E-state index in [4.69, 9.17) is 16.5 Å². The number of fused-ring (bicyclic) bond motifs is 1. The summed E-state index contributed by atoms with van der Waals surface area (Å²) in [5.74, 6) is 0.229. The first-order chi connectivity index (χ1) is 12.6. The van der Waals surface area contributed by atoms with Crippen molar-refractivity contribution in [3.8, 4) is 0 Å². The Hall–Kier alpha value is -2.90. The minimum Gasteiger partial charge on any atom is -0.409 e. The van der Waals surface area contributed by atoms with Crippen LogP contribution in [0.1, 0.15) is 23.1 Å². The van der Waals surface area contributed by atoms with E-state index in [-0.39, 0.29) is 36.6 Å². The summed E-state index contributed by atoms with van der Waals surface area (Å²) in [7, 11) is 0. The molecule has 28 heavy (non-hydrogen) atoms. The molecule has 2 aromatic rings.